The van der Waals surface area contributed by atoms with E-state index in [9.17, 15) is 19.2 Å². The van der Waals surface area contributed by atoms with Crippen molar-refractivity contribution in [2.45, 2.75) is 87.5 Å². The van der Waals surface area contributed by atoms with Crippen molar-refractivity contribution >= 4 is 23.6 Å². The molecule has 4 amide bonds. The first-order valence-corrected chi connectivity index (χ1v) is 13.3. The summed E-state index contributed by atoms with van der Waals surface area (Å²) < 4.78 is 0. The van der Waals surface area contributed by atoms with E-state index in [1.54, 1.807) is 0 Å². The summed E-state index contributed by atoms with van der Waals surface area (Å²) in [4.78, 5) is 52.3. The lowest BCUT2D eigenvalue weighted by molar-refractivity contribution is -0.140. The summed E-state index contributed by atoms with van der Waals surface area (Å²) in [6.07, 6.45) is 8.86. The molecule has 2 aliphatic rings. The number of carbonyl (C=O) groups is 4. The molecule has 35 heavy (non-hydrogen) atoms. The van der Waals surface area contributed by atoms with Crippen LogP contribution < -0.4 is 0 Å². The Hall–Kier alpha value is -2.24. The first-order valence-electron chi connectivity index (χ1n) is 13.3. The van der Waals surface area contributed by atoms with Crippen molar-refractivity contribution in [2.24, 2.45) is 35.0 Å². The van der Waals surface area contributed by atoms with Crippen molar-refractivity contribution in [3.8, 4) is 0 Å². The predicted molar refractivity (Wildman–Crippen MR) is 139 cm³/mol. The van der Waals surface area contributed by atoms with Gasteiger partial charge in [0.15, 0.2) is 0 Å². The van der Waals surface area contributed by atoms with E-state index in [0.29, 0.717) is 37.3 Å². The molecule has 0 aromatic rings. The van der Waals surface area contributed by atoms with Crippen molar-refractivity contribution in [1.29, 1.82) is 0 Å². The number of imide groups is 2. The summed E-state index contributed by atoms with van der Waals surface area (Å²) in [6.45, 7) is 17.9. The van der Waals surface area contributed by atoms with Crippen LogP contribution in [0.15, 0.2) is 23.8 Å². The molecule has 4 atom stereocenters. The molecule has 2 heterocycles. The number of allylic oxidation sites excluding steroid dienone is 1. The number of amides is 4. The zero-order valence-corrected chi connectivity index (χ0v) is 23.1. The van der Waals surface area contributed by atoms with E-state index < -0.39 is 0 Å². The van der Waals surface area contributed by atoms with E-state index in [4.69, 9.17) is 0 Å². The maximum Gasteiger partial charge on any atom is 0.253 e. The van der Waals surface area contributed by atoms with Crippen molar-refractivity contribution in [2.75, 3.05) is 13.1 Å². The van der Waals surface area contributed by atoms with Crippen LogP contribution in [0.1, 0.15) is 87.5 Å². The molecule has 0 saturated carbocycles. The molecule has 6 nitrogen and oxygen atoms in total. The summed E-state index contributed by atoms with van der Waals surface area (Å²) in [7, 11) is 0. The molecule has 0 aromatic heterocycles. The van der Waals surface area contributed by atoms with Gasteiger partial charge in [0.2, 0.25) is 11.8 Å². The number of hydrogen-bond donors (Lipinski definition) is 0. The van der Waals surface area contributed by atoms with Crippen LogP contribution in [0.3, 0.4) is 0 Å². The van der Waals surface area contributed by atoms with Gasteiger partial charge in [0.05, 0.1) is 5.92 Å². The minimum atomic E-state index is -0.336. The maximum absolute atomic E-state index is 13.1. The normalized spacial score (nSPS) is 22.1. The van der Waals surface area contributed by atoms with Gasteiger partial charge in [-0.15, -0.1) is 0 Å². The monoisotopic (exact) mass is 486 g/mol. The fraction of sp³-hybridized carbons (Fsp3) is 0.724. The fourth-order valence-corrected chi connectivity index (χ4v) is 5.92. The van der Waals surface area contributed by atoms with Crippen LogP contribution in [-0.4, -0.2) is 46.5 Å². The number of rotatable bonds is 13. The van der Waals surface area contributed by atoms with E-state index >= 15 is 0 Å². The van der Waals surface area contributed by atoms with Crippen molar-refractivity contribution in [3.63, 3.8) is 0 Å². The minimum Gasteiger partial charge on any atom is -0.282 e. The molecular formula is C29H46N2O4. The van der Waals surface area contributed by atoms with Gasteiger partial charge < -0.3 is 0 Å². The fourth-order valence-electron chi connectivity index (χ4n) is 5.92. The highest BCUT2D eigenvalue weighted by atomic mass is 16.2. The molecular weight excluding hydrogens is 440 g/mol. The highest BCUT2D eigenvalue weighted by Crippen LogP contribution is 2.32. The third-order valence-corrected chi connectivity index (χ3v) is 7.22. The van der Waals surface area contributed by atoms with Gasteiger partial charge in [-0.05, 0) is 61.7 Å². The Labute approximate surface area is 212 Å². The van der Waals surface area contributed by atoms with E-state index in [2.05, 4.69) is 40.7 Å². The highest BCUT2D eigenvalue weighted by molar-refractivity contribution is 6.12. The maximum atomic E-state index is 13.1. The quantitative estimate of drug-likeness (QED) is 0.259. The van der Waals surface area contributed by atoms with Gasteiger partial charge in [-0.3, -0.25) is 29.0 Å². The Morgan fingerprint density at radius 2 is 1.57 bits per heavy atom. The number of hydrogen-bond acceptors (Lipinski definition) is 4. The molecule has 0 bridgehead atoms. The molecule has 196 valence electrons. The first kappa shape index (κ1) is 29.0. The van der Waals surface area contributed by atoms with E-state index in [0.717, 1.165) is 18.4 Å². The molecule has 0 radical (unpaired) electrons. The molecule has 2 aliphatic heterocycles. The zero-order valence-electron chi connectivity index (χ0n) is 23.1. The molecule has 1 fully saturated rings. The topological polar surface area (TPSA) is 74.8 Å². The Balaban J connectivity index is 1.88. The van der Waals surface area contributed by atoms with Crippen molar-refractivity contribution in [1.82, 2.24) is 9.80 Å². The average Bonchev–Trinajstić information content (AvgIpc) is 3.17. The predicted octanol–water partition coefficient (Wildman–Crippen LogP) is 5.38. The zero-order chi connectivity index (χ0) is 26.5. The third kappa shape index (κ3) is 8.43. The lowest BCUT2D eigenvalue weighted by Gasteiger charge is -2.32. The van der Waals surface area contributed by atoms with Crippen LogP contribution in [-0.2, 0) is 19.2 Å². The summed E-state index contributed by atoms with van der Waals surface area (Å²) in [6, 6.07) is 0. The Morgan fingerprint density at radius 1 is 0.971 bits per heavy atom. The van der Waals surface area contributed by atoms with Gasteiger partial charge in [0, 0.05) is 31.7 Å². The van der Waals surface area contributed by atoms with E-state index in [-0.39, 0.29) is 47.3 Å². The lowest BCUT2D eigenvalue weighted by Crippen LogP contribution is -2.39. The summed E-state index contributed by atoms with van der Waals surface area (Å²) in [5, 5.41) is 0. The van der Waals surface area contributed by atoms with Crippen LogP contribution in [0.5, 0.6) is 0 Å². The molecule has 0 aromatic carbocycles. The SMILES string of the molecule is C/C(=C\C(C)CC(C)CC(C)C)C1CC(=O)N(CCC(C)CC(C)(C)CN2C(=O)C=CC2=O)C1=O. The third-order valence-electron chi connectivity index (χ3n) is 7.22. The summed E-state index contributed by atoms with van der Waals surface area (Å²) in [5.41, 5.74) is 0.762. The Kier molecular flexibility index (Phi) is 10.1. The van der Waals surface area contributed by atoms with Gasteiger partial charge in [-0.25, -0.2) is 0 Å². The molecule has 4 unspecified atom stereocenters. The van der Waals surface area contributed by atoms with E-state index in [1.807, 2.05) is 20.8 Å². The Bertz CT molecular complexity index is 852. The Morgan fingerprint density at radius 3 is 2.14 bits per heavy atom. The standard InChI is InChI=1S/C29H46N2O4/c1-19(2)13-21(4)14-22(5)15-23(6)24-16-27(34)30(28(24)35)12-11-20(3)17-29(7,8)18-31-25(32)9-10-26(31)33/h9-10,15,19-22,24H,11-14,16-18H2,1-8H3/b23-15+. The van der Waals surface area contributed by atoms with Crippen molar-refractivity contribution < 1.29 is 19.2 Å². The highest BCUT2D eigenvalue weighted by Gasteiger charge is 2.39. The summed E-state index contributed by atoms with van der Waals surface area (Å²) >= 11 is 0. The second kappa shape index (κ2) is 12.1. The number of likely N-dealkylation sites (tertiary alicyclic amines) is 1. The number of carbonyl (C=O) groups excluding carboxylic acids is 4. The molecule has 2 rings (SSSR count). The second-order valence-corrected chi connectivity index (χ2v) is 12.4. The van der Waals surface area contributed by atoms with Crippen molar-refractivity contribution in [3.05, 3.63) is 23.8 Å². The molecule has 0 N–H and O–H groups in total. The van der Waals surface area contributed by atoms with Crippen LogP contribution in [0.25, 0.3) is 0 Å². The summed E-state index contributed by atoms with van der Waals surface area (Å²) in [5.74, 6) is 0.921. The van der Waals surface area contributed by atoms with Crippen LogP contribution in [0, 0.1) is 35.0 Å². The van der Waals surface area contributed by atoms with Gasteiger partial charge in [-0.2, -0.15) is 0 Å². The first-order chi connectivity index (χ1) is 16.2. The van der Waals surface area contributed by atoms with Gasteiger partial charge in [0.1, 0.15) is 0 Å². The molecule has 1 saturated heterocycles. The number of nitrogens with zero attached hydrogens (tertiary/aromatic N) is 2. The molecule has 0 aliphatic carbocycles. The van der Waals surface area contributed by atoms with Gasteiger partial charge in [-0.1, -0.05) is 60.1 Å². The largest absolute Gasteiger partial charge is 0.282 e. The second-order valence-electron chi connectivity index (χ2n) is 12.4. The van der Waals surface area contributed by atoms with Crippen LogP contribution in [0.4, 0.5) is 0 Å². The molecule has 6 heteroatoms. The average molecular weight is 487 g/mol. The van der Waals surface area contributed by atoms with Crippen LogP contribution >= 0.6 is 0 Å². The van der Waals surface area contributed by atoms with Crippen LogP contribution in [0.2, 0.25) is 0 Å². The minimum absolute atomic E-state index is 0.0722. The smallest absolute Gasteiger partial charge is 0.253 e. The molecule has 0 spiro atoms. The van der Waals surface area contributed by atoms with Gasteiger partial charge in [0.25, 0.3) is 11.8 Å². The van der Waals surface area contributed by atoms with Gasteiger partial charge >= 0.3 is 0 Å². The van der Waals surface area contributed by atoms with E-state index in [1.165, 1.54) is 28.4 Å². The lowest BCUT2D eigenvalue weighted by atomic mass is 9.81.